The second-order valence-electron chi connectivity index (χ2n) is 14.8. The molecule has 4 heteroatoms. The maximum Gasteiger partial charge on any atom is 0.270 e. The summed E-state index contributed by atoms with van der Waals surface area (Å²) >= 11 is 0. The molecular formula is C42H80N3O+. The van der Waals surface area contributed by atoms with Gasteiger partial charge in [0, 0.05) is 6.42 Å². The highest BCUT2D eigenvalue weighted by Gasteiger charge is 2.38. The number of carbonyl (C=O) groups excluding carboxylic acids is 1. The first-order valence-electron chi connectivity index (χ1n) is 20.4. The zero-order chi connectivity index (χ0) is 33.6. The minimum absolute atomic E-state index is 0.192. The van der Waals surface area contributed by atoms with Crippen molar-refractivity contribution in [3.05, 3.63) is 24.3 Å². The van der Waals surface area contributed by atoms with E-state index in [2.05, 4.69) is 74.1 Å². The Bertz CT molecular complexity index is 812. The van der Waals surface area contributed by atoms with E-state index in [1.165, 1.54) is 160 Å². The van der Waals surface area contributed by atoms with Gasteiger partial charge in [0.1, 0.15) is 18.6 Å². The molecule has 1 heterocycles. The van der Waals surface area contributed by atoms with Gasteiger partial charge in [-0.05, 0) is 91.4 Å². The number of hydrogen-bond acceptors (Lipinski definition) is 2. The highest BCUT2D eigenvalue weighted by atomic mass is 16.1. The van der Waals surface area contributed by atoms with Crippen molar-refractivity contribution in [2.75, 3.05) is 13.1 Å². The van der Waals surface area contributed by atoms with Crippen LogP contribution in [-0.2, 0) is 4.79 Å². The van der Waals surface area contributed by atoms with Crippen LogP contribution in [0.5, 0.6) is 0 Å². The summed E-state index contributed by atoms with van der Waals surface area (Å²) in [5, 5.41) is 6.98. The van der Waals surface area contributed by atoms with Crippen LogP contribution in [0, 0.1) is 0 Å². The molecule has 268 valence electrons. The van der Waals surface area contributed by atoms with Gasteiger partial charge in [-0.15, -0.1) is 0 Å². The van der Waals surface area contributed by atoms with E-state index in [1.54, 1.807) is 0 Å². The Balaban J connectivity index is 2.14. The first-order chi connectivity index (χ1) is 22.4. The molecule has 0 bridgehead atoms. The number of amides is 1. The molecule has 0 aliphatic carbocycles. The van der Waals surface area contributed by atoms with Gasteiger partial charge >= 0.3 is 0 Å². The van der Waals surface area contributed by atoms with E-state index in [0.29, 0.717) is 12.5 Å². The summed E-state index contributed by atoms with van der Waals surface area (Å²) in [5.74, 6) is 1.39. The predicted octanol–water partition coefficient (Wildman–Crippen LogP) is 12.0. The van der Waals surface area contributed by atoms with E-state index in [9.17, 15) is 4.79 Å². The average molecular weight is 643 g/mol. The van der Waals surface area contributed by atoms with Crippen molar-refractivity contribution in [2.24, 2.45) is 0 Å². The number of nitrogens with one attached hydrogen (secondary N) is 2. The summed E-state index contributed by atoms with van der Waals surface area (Å²) in [6, 6.07) is 0.504. The number of nitrogens with zero attached hydrogens (tertiary/aromatic N) is 1. The molecule has 0 spiro atoms. The minimum Gasteiger partial charge on any atom is -0.340 e. The number of rotatable bonds is 32. The third kappa shape index (κ3) is 22.9. The highest BCUT2D eigenvalue weighted by Crippen LogP contribution is 2.16. The Hall–Kier alpha value is -1.58. The molecule has 0 fully saturated rings. The molecule has 0 saturated heterocycles. The van der Waals surface area contributed by atoms with Gasteiger partial charge in [0.05, 0.1) is 6.04 Å². The predicted molar refractivity (Wildman–Crippen MR) is 204 cm³/mol. The third-order valence-electron chi connectivity index (χ3n) is 9.81. The van der Waals surface area contributed by atoms with Crippen LogP contribution >= 0.6 is 0 Å². The second kappa shape index (κ2) is 29.6. The third-order valence-corrected chi connectivity index (χ3v) is 9.81. The fourth-order valence-electron chi connectivity index (χ4n) is 6.84. The lowest BCUT2D eigenvalue weighted by Crippen LogP contribution is -2.56. The standard InChI is InChI=1S/C42H79N3O/c1-6-8-10-12-14-16-18-20-22-24-26-28-30-32-34-36-40(46)44-42(4,5)41-43-37-38-45(41)39(3)35-33-31-29-27-25-23-21-19-17-15-13-11-9-7-2/h20-23,39H,6-19,24-38H2,1-5H3,(H,44,46)/p+1/b22-20-,23-21-. The maximum absolute atomic E-state index is 12.9. The van der Waals surface area contributed by atoms with Crippen LogP contribution in [0.1, 0.15) is 208 Å². The summed E-state index contributed by atoms with van der Waals surface area (Å²) in [7, 11) is 0. The Morgan fingerprint density at radius 3 is 1.57 bits per heavy atom. The van der Waals surface area contributed by atoms with Crippen LogP contribution in [-0.4, -0.2) is 41.0 Å². The van der Waals surface area contributed by atoms with E-state index < -0.39 is 0 Å². The Morgan fingerprint density at radius 1 is 0.674 bits per heavy atom. The zero-order valence-corrected chi connectivity index (χ0v) is 31.7. The van der Waals surface area contributed by atoms with Crippen LogP contribution in [0.25, 0.3) is 0 Å². The number of unbranched alkanes of at least 4 members (excludes halogenated alkanes) is 21. The van der Waals surface area contributed by atoms with Crippen LogP contribution in [0.2, 0.25) is 0 Å². The molecule has 0 saturated carbocycles. The molecule has 0 radical (unpaired) electrons. The molecule has 1 amide bonds. The molecule has 0 aromatic heterocycles. The van der Waals surface area contributed by atoms with Crippen molar-refractivity contribution in [3.63, 3.8) is 0 Å². The molecule has 0 aromatic rings. The van der Waals surface area contributed by atoms with E-state index in [-0.39, 0.29) is 11.4 Å². The quantitative estimate of drug-likeness (QED) is 0.0435. The SMILES string of the molecule is CCCCCCCC/C=C\CCCCCCCC(=O)NC(C)(C)C1=[N+](C(C)CCCCCC/C=C\CCCCCCCC)CCN1. The number of amidine groups is 1. The summed E-state index contributed by atoms with van der Waals surface area (Å²) in [5.41, 5.74) is -0.356. The molecule has 1 rings (SSSR count). The van der Waals surface area contributed by atoms with Crippen LogP contribution in [0.15, 0.2) is 24.3 Å². The summed E-state index contributed by atoms with van der Waals surface area (Å²) in [6.45, 7) is 13.3. The van der Waals surface area contributed by atoms with Crippen molar-refractivity contribution in [2.45, 2.75) is 220 Å². The van der Waals surface area contributed by atoms with Gasteiger partial charge in [0.25, 0.3) is 5.84 Å². The number of allylic oxidation sites excluding steroid dienone is 4. The highest BCUT2D eigenvalue weighted by molar-refractivity contribution is 5.92. The Kier molecular flexibility index (Phi) is 27.3. The average Bonchev–Trinajstić information content (AvgIpc) is 3.54. The summed E-state index contributed by atoms with van der Waals surface area (Å²) in [6.07, 6.45) is 44.3. The first-order valence-corrected chi connectivity index (χ1v) is 20.4. The maximum atomic E-state index is 12.9. The van der Waals surface area contributed by atoms with Crippen LogP contribution < -0.4 is 10.6 Å². The van der Waals surface area contributed by atoms with Gasteiger partial charge in [0.15, 0.2) is 0 Å². The molecule has 1 unspecified atom stereocenters. The fraction of sp³-hybridized carbons (Fsp3) is 0.857. The molecular weight excluding hydrogens is 562 g/mol. The van der Waals surface area contributed by atoms with Crippen LogP contribution in [0.4, 0.5) is 0 Å². The van der Waals surface area contributed by atoms with Crippen molar-refractivity contribution < 1.29 is 9.37 Å². The monoisotopic (exact) mass is 643 g/mol. The van der Waals surface area contributed by atoms with Crippen LogP contribution in [0.3, 0.4) is 0 Å². The molecule has 1 aliphatic heterocycles. The molecule has 4 nitrogen and oxygen atoms in total. The topological polar surface area (TPSA) is 44.1 Å². The van der Waals surface area contributed by atoms with E-state index in [0.717, 1.165) is 25.9 Å². The Labute approximate surface area is 288 Å². The van der Waals surface area contributed by atoms with E-state index >= 15 is 0 Å². The summed E-state index contributed by atoms with van der Waals surface area (Å²) < 4.78 is 2.52. The first kappa shape index (κ1) is 42.4. The molecule has 1 aliphatic rings. The van der Waals surface area contributed by atoms with E-state index in [1.807, 2.05) is 0 Å². The zero-order valence-electron chi connectivity index (χ0n) is 31.7. The largest absolute Gasteiger partial charge is 0.340 e. The molecule has 2 N–H and O–H groups in total. The normalized spacial score (nSPS) is 14.5. The molecule has 46 heavy (non-hydrogen) atoms. The van der Waals surface area contributed by atoms with Gasteiger partial charge < -0.3 is 5.32 Å². The second-order valence-corrected chi connectivity index (χ2v) is 14.8. The van der Waals surface area contributed by atoms with Gasteiger partial charge in [-0.3, -0.25) is 14.7 Å². The summed E-state index contributed by atoms with van der Waals surface area (Å²) in [4.78, 5) is 12.9. The van der Waals surface area contributed by atoms with Gasteiger partial charge in [-0.2, -0.15) is 0 Å². The molecule has 1 atom stereocenters. The molecule has 0 aromatic carbocycles. The lowest BCUT2D eigenvalue weighted by molar-refractivity contribution is -0.556. The van der Waals surface area contributed by atoms with Gasteiger partial charge in [0.2, 0.25) is 5.91 Å². The van der Waals surface area contributed by atoms with Crippen molar-refractivity contribution in [3.8, 4) is 0 Å². The van der Waals surface area contributed by atoms with E-state index in [4.69, 9.17) is 0 Å². The lowest BCUT2D eigenvalue weighted by atomic mass is 10.0. The number of carbonyl (C=O) groups is 1. The number of hydrogen-bond donors (Lipinski definition) is 2. The van der Waals surface area contributed by atoms with Crippen molar-refractivity contribution in [1.82, 2.24) is 10.6 Å². The lowest BCUT2D eigenvalue weighted by Gasteiger charge is -2.26. The van der Waals surface area contributed by atoms with Crippen molar-refractivity contribution in [1.29, 1.82) is 0 Å². The Morgan fingerprint density at radius 2 is 1.09 bits per heavy atom. The minimum atomic E-state index is -0.356. The smallest absolute Gasteiger partial charge is 0.270 e. The van der Waals surface area contributed by atoms with Gasteiger partial charge in [-0.25, -0.2) is 0 Å². The van der Waals surface area contributed by atoms with Gasteiger partial charge in [-0.1, -0.05) is 134 Å². The van der Waals surface area contributed by atoms with Crippen molar-refractivity contribution >= 4 is 11.7 Å². The fourth-order valence-corrected chi connectivity index (χ4v) is 6.84.